The fourth-order valence-corrected chi connectivity index (χ4v) is 3.29. The number of morpholine rings is 1. The highest BCUT2D eigenvalue weighted by Crippen LogP contribution is 2.22. The second kappa shape index (κ2) is 6.55. The summed E-state index contributed by atoms with van der Waals surface area (Å²) in [4.78, 5) is 18.9. The Morgan fingerprint density at radius 3 is 2.62 bits per heavy atom. The Morgan fingerprint density at radius 2 is 2.00 bits per heavy atom. The zero-order valence-corrected chi connectivity index (χ0v) is 13.6. The largest absolute Gasteiger partial charge is 0.378 e. The number of nitrogens with one attached hydrogen (secondary N) is 1. The number of halogens is 1. The van der Waals surface area contributed by atoms with Crippen molar-refractivity contribution < 1.29 is 9.53 Å². The van der Waals surface area contributed by atoms with Crippen molar-refractivity contribution in [1.82, 2.24) is 4.98 Å². The second-order valence-corrected chi connectivity index (χ2v) is 6.88. The van der Waals surface area contributed by atoms with Gasteiger partial charge in [0, 0.05) is 24.5 Å². The molecule has 7 heteroatoms. The molecule has 1 aliphatic rings. The lowest BCUT2D eigenvalue weighted by atomic mass is 10.2. The number of ether oxygens (including phenoxy) is 1. The van der Waals surface area contributed by atoms with E-state index in [2.05, 4.69) is 31.1 Å². The van der Waals surface area contributed by atoms with Crippen LogP contribution >= 0.6 is 27.3 Å². The summed E-state index contributed by atoms with van der Waals surface area (Å²) in [5.74, 6) is -0.141. The molecule has 1 aromatic carbocycles. The molecular weight excluding hydrogens is 354 g/mol. The van der Waals surface area contributed by atoms with E-state index >= 15 is 0 Å². The summed E-state index contributed by atoms with van der Waals surface area (Å²) >= 11 is 4.56. The second-order valence-electron chi connectivity index (χ2n) is 4.58. The number of nitrogens with zero attached hydrogens (tertiary/aromatic N) is 2. The maximum absolute atomic E-state index is 12.0. The van der Waals surface area contributed by atoms with Gasteiger partial charge in [0.2, 0.25) is 0 Å². The normalized spacial score (nSPS) is 15.0. The molecule has 2 aromatic rings. The number of rotatable bonds is 3. The Hall–Kier alpha value is -1.44. The van der Waals surface area contributed by atoms with Crippen LogP contribution in [0.4, 0.5) is 11.4 Å². The van der Waals surface area contributed by atoms with Crippen molar-refractivity contribution in [3.63, 3.8) is 0 Å². The predicted molar refractivity (Wildman–Crippen MR) is 87.2 cm³/mol. The summed E-state index contributed by atoms with van der Waals surface area (Å²) in [5.41, 5.74) is 1.93. The average Bonchev–Trinajstić information content (AvgIpc) is 2.96. The van der Waals surface area contributed by atoms with Crippen LogP contribution in [-0.4, -0.2) is 37.2 Å². The minimum atomic E-state index is -0.141. The lowest BCUT2D eigenvalue weighted by Gasteiger charge is -2.28. The Bertz CT molecular complexity index is 623. The molecule has 1 N–H and O–H groups in total. The van der Waals surface area contributed by atoms with Crippen molar-refractivity contribution in [3.05, 3.63) is 39.3 Å². The first-order valence-electron chi connectivity index (χ1n) is 6.58. The molecule has 1 aromatic heterocycles. The van der Waals surface area contributed by atoms with E-state index in [4.69, 9.17) is 4.74 Å². The number of aromatic nitrogens is 1. The topological polar surface area (TPSA) is 54.5 Å². The van der Waals surface area contributed by atoms with Crippen molar-refractivity contribution in [2.24, 2.45) is 0 Å². The van der Waals surface area contributed by atoms with Gasteiger partial charge in [-0.25, -0.2) is 4.98 Å². The Kier molecular flexibility index (Phi) is 4.52. The molecule has 1 aliphatic heterocycles. The summed E-state index contributed by atoms with van der Waals surface area (Å²) < 4.78 is 6.05. The quantitative estimate of drug-likeness (QED) is 0.905. The van der Waals surface area contributed by atoms with Gasteiger partial charge in [0.25, 0.3) is 5.91 Å². The van der Waals surface area contributed by atoms with E-state index in [1.54, 1.807) is 6.20 Å². The Labute approximate surface area is 135 Å². The van der Waals surface area contributed by atoms with Crippen LogP contribution in [0.25, 0.3) is 0 Å². The van der Waals surface area contributed by atoms with E-state index in [0.29, 0.717) is 8.79 Å². The SMILES string of the molecule is O=C(Nc1ccc(N2CCOCC2)cc1)c1cnc(Br)s1. The number of carbonyl (C=O) groups is 1. The fraction of sp³-hybridized carbons (Fsp3) is 0.286. The van der Waals surface area contributed by atoms with Gasteiger partial charge in [-0.1, -0.05) is 0 Å². The molecule has 0 atom stereocenters. The van der Waals surface area contributed by atoms with Crippen LogP contribution in [0.5, 0.6) is 0 Å². The third-order valence-electron chi connectivity index (χ3n) is 3.20. The van der Waals surface area contributed by atoms with Crippen LogP contribution in [0.2, 0.25) is 0 Å². The monoisotopic (exact) mass is 367 g/mol. The van der Waals surface area contributed by atoms with Crippen LogP contribution in [0.1, 0.15) is 9.67 Å². The standard InChI is InChI=1S/C14H14BrN3O2S/c15-14-16-9-12(21-14)13(19)17-10-1-3-11(4-2-10)18-5-7-20-8-6-18/h1-4,9H,5-8H2,(H,17,19). The lowest BCUT2D eigenvalue weighted by Crippen LogP contribution is -2.36. The molecule has 1 fully saturated rings. The number of benzene rings is 1. The van der Waals surface area contributed by atoms with Crippen LogP contribution in [-0.2, 0) is 4.74 Å². The van der Waals surface area contributed by atoms with E-state index < -0.39 is 0 Å². The predicted octanol–water partition coefficient (Wildman–Crippen LogP) is 2.99. The first kappa shape index (κ1) is 14.5. The fourth-order valence-electron chi connectivity index (χ4n) is 2.13. The summed E-state index contributed by atoms with van der Waals surface area (Å²) in [7, 11) is 0. The van der Waals surface area contributed by atoms with Gasteiger partial charge >= 0.3 is 0 Å². The Morgan fingerprint density at radius 1 is 1.29 bits per heavy atom. The van der Waals surface area contributed by atoms with Gasteiger partial charge in [0.05, 0.1) is 19.4 Å². The van der Waals surface area contributed by atoms with Crippen molar-refractivity contribution in [3.8, 4) is 0 Å². The molecule has 0 spiro atoms. The molecule has 2 heterocycles. The van der Waals surface area contributed by atoms with Gasteiger partial charge in [-0.3, -0.25) is 4.79 Å². The van der Waals surface area contributed by atoms with Crippen molar-refractivity contribution in [2.45, 2.75) is 0 Å². The lowest BCUT2D eigenvalue weighted by molar-refractivity contribution is 0.103. The third kappa shape index (κ3) is 3.61. The highest BCUT2D eigenvalue weighted by atomic mass is 79.9. The highest BCUT2D eigenvalue weighted by Gasteiger charge is 2.12. The van der Waals surface area contributed by atoms with Crippen LogP contribution in [0.3, 0.4) is 0 Å². The Balaban J connectivity index is 1.65. The van der Waals surface area contributed by atoms with E-state index in [1.165, 1.54) is 11.3 Å². The van der Waals surface area contributed by atoms with E-state index in [1.807, 2.05) is 24.3 Å². The molecule has 110 valence electrons. The molecule has 3 rings (SSSR count). The van der Waals surface area contributed by atoms with Gasteiger partial charge in [-0.2, -0.15) is 0 Å². The van der Waals surface area contributed by atoms with Crippen molar-refractivity contribution in [2.75, 3.05) is 36.5 Å². The zero-order valence-electron chi connectivity index (χ0n) is 11.2. The van der Waals surface area contributed by atoms with Gasteiger partial charge in [0.15, 0.2) is 3.92 Å². The molecule has 0 aliphatic carbocycles. The number of thiazole rings is 1. The number of amides is 1. The zero-order chi connectivity index (χ0) is 14.7. The first-order valence-corrected chi connectivity index (χ1v) is 8.19. The van der Waals surface area contributed by atoms with Gasteiger partial charge in [-0.15, -0.1) is 11.3 Å². The molecular formula is C14H14BrN3O2S. The highest BCUT2D eigenvalue weighted by molar-refractivity contribution is 9.11. The maximum Gasteiger partial charge on any atom is 0.267 e. The summed E-state index contributed by atoms with van der Waals surface area (Å²) in [6.45, 7) is 3.33. The molecule has 0 saturated carbocycles. The van der Waals surface area contributed by atoms with Crippen molar-refractivity contribution >= 4 is 44.5 Å². The van der Waals surface area contributed by atoms with E-state index in [0.717, 1.165) is 37.7 Å². The van der Waals surface area contributed by atoms with Crippen LogP contribution < -0.4 is 10.2 Å². The molecule has 0 radical (unpaired) electrons. The maximum atomic E-state index is 12.0. The average molecular weight is 368 g/mol. The third-order valence-corrected chi connectivity index (χ3v) is 4.68. The molecule has 0 bridgehead atoms. The first-order chi connectivity index (χ1) is 10.2. The molecule has 5 nitrogen and oxygen atoms in total. The van der Waals surface area contributed by atoms with Crippen LogP contribution in [0.15, 0.2) is 34.4 Å². The summed E-state index contributed by atoms with van der Waals surface area (Å²) in [6.07, 6.45) is 1.56. The number of anilines is 2. The minimum absolute atomic E-state index is 0.141. The summed E-state index contributed by atoms with van der Waals surface area (Å²) in [5, 5.41) is 2.87. The van der Waals surface area contributed by atoms with E-state index in [9.17, 15) is 4.79 Å². The summed E-state index contributed by atoms with van der Waals surface area (Å²) in [6, 6.07) is 7.87. The minimum Gasteiger partial charge on any atom is -0.378 e. The smallest absolute Gasteiger partial charge is 0.267 e. The molecule has 1 amide bonds. The molecule has 0 unspecified atom stereocenters. The van der Waals surface area contributed by atoms with Gasteiger partial charge < -0.3 is 15.0 Å². The van der Waals surface area contributed by atoms with Gasteiger partial charge in [0.1, 0.15) is 4.88 Å². The van der Waals surface area contributed by atoms with Crippen molar-refractivity contribution in [1.29, 1.82) is 0 Å². The molecule has 1 saturated heterocycles. The number of hydrogen-bond acceptors (Lipinski definition) is 5. The van der Waals surface area contributed by atoms with E-state index in [-0.39, 0.29) is 5.91 Å². The van der Waals surface area contributed by atoms with Crippen LogP contribution in [0, 0.1) is 0 Å². The molecule has 21 heavy (non-hydrogen) atoms. The van der Waals surface area contributed by atoms with Gasteiger partial charge in [-0.05, 0) is 40.2 Å². The number of hydrogen-bond donors (Lipinski definition) is 1. The number of carbonyl (C=O) groups excluding carboxylic acids is 1.